The standard InChI is InChI=1S/C12H15ClO/c1-4-5-12(14)10-6-9(3)11(13)7-8(10)2/h6-7H,4-5H2,1-3H3. The van der Waals surface area contributed by atoms with Gasteiger partial charge in [0, 0.05) is 17.0 Å². The Kier molecular flexibility index (Phi) is 3.70. The van der Waals surface area contributed by atoms with Gasteiger partial charge in [0.15, 0.2) is 5.78 Å². The molecule has 1 aromatic carbocycles. The van der Waals surface area contributed by atoms with Crippen molar-refractivity contribution in [1.29, 1.82) is 0 Å². The quantitative estimate of drug-likeness (QED) is 0.691. The molecule has 0 heterocycles. The number of hydrogen-bond acceptors (Lipinski definition) is 1. The Labute approximate surface area is 90.1 Å². The summed E-state index contributed by atoms with van der Waals surface area (Å²) < 4.78 is 0. The van der Waals surface area contributed by atoms with Crippen LogP contribution in [0.4, 0.5) is 0 Å². The van der Waals surface area contributed by atoms with E-state index in [2.05, 4.69) is 0 Å². The number of benzene rings is 1. The first-order valence-corrected chi connectivity index (χ1v) is 5.24. The van der Waals surface area contributed by atoms with Crippen molar-refractivity contribution < 1.29 is 4.79 Å². The van der Waals surface area contributed by atoms with Crippen LogP contribution in [0.5, 0.6) is 0 Å². The molecule has 0 saturated carbocycles. The predicted molar refractivity (Wildman–Crippen MR) is 60.2 cm³/mol. The van der Waals surface area contributed by atoms with E-state index in [0.717, 1.165) is 28.1 Å². The van der Waals surface area contributed by atoms with E-state index in [1.807, 2.05) is 32.9 Å². The van der Waals surface area contributed by atoms with E-state index in [0.29, 0.717) is 6.42 Å². The summed E-state index contributed by atoms with van der Waals surface area (Å²) in [7, 11) is 0. The minimum Gasteiger partial charge on any atom is -0.294 e. The second-order valence-corrected chi connectivity index (χ2v) is 4.00. The van der Waals surface area contributed by atoms with Crippen molar-refractivity contribution in [2.75, 3.05) is 0 Å². The zero-order chi connectivity index (χ0) is 10.7. The third-order valence-electron chi connectivity index (χ3n) is 2.28. The monoisotopic (exact) mass is 210 g/mol. The van der Waals surface area contributed by atoms with Gasteiger partial charge < -0.3 is 0 Å². The van der Waals surface area contributed by atoms with E-state index in [1.165, 1.54) is 0 Å². The summed E-state index contributed by atoms with van der Waals surface area (Å²) in [5.41, 5.74) is 2.75. The highest BCUT2D eigenvalue weighted by Crippen LogP contribution is 2.21. The molecule has 0 unspecified atom stereocenters. The Balaban J connectivity index is 3.09. The molecular formula is C12H15ClO. The van der Waals surface area contributed by atoms with Gasteiger partial charge in [-0.25, -0.2) is 0 Å². The number of aryl methyl sites for hydroxylation is 2. The van der Waals surface area contributed by atoms with Crippen LogP contribution in [0.2, 0.25) is 5.02 Å². The van der Waals surface area contributed by atoms with E-state index in [9.17, 15) is 4.79 Å². The minimum absolute atomic E-state index is 0.213. The highest BCUT2D eigenvalue weighted by atomic mass is 35.5. The topological polar surface area (TPSA) is 17.1 Å². The van der Waals surface area contributed by atoms with Gasteiger partial charge in [0.05, 0.1) is 0 Å². The molecule has 0 aliphatic rings. The summed E-state index contributed by atoms with van der Waals surface area (Å²) >= 11 is 5.96. The van der Waals surface area contributed by atoms with E-state index in [4.69, 9.17) is 11.6 Å². The summed E-state index contributed by atoms with van der Waals surface area (Å²) in [6, 6.07) is 3.75. The molecule has 0 bridgehead atoms. The number of hydrogen-bond donors (Lipinski definition) is 0. The van der Waals surface area contributed by atoms with Gasteiger partial charge in [-0.15, -0.1) is 0 Å². The smallest absolute Gasteiger partial charge is 0.163 e. The van der Waals surface area contributed by atoms with E-state index in [-0.39, 0.29) is 5.78 Å². The Bertz CT molecular complexity index is 356. The first-order valence-electron chi connectivity index (χ1n) is 4.86. The van der Waals surface area contributed by atoms with Crippen LogP contribution in [0.3, 0.4) is 0 Å². The molecule has 1 aromatic rings. The van der Waals surface area contributed by atoms with Crippen molar-refractivity contribution in [3.8, 4) is 0 Å². The zero-order valence-corrected chi connectivity index (χ0v) is 9.61. The molecule has 0 spiro atoms. The number of rotatable bonds is 3. The van der Waals surface area contributed by atoms with Crippen molar-refractivity contribution in [2.45, 2.75) is 33.6 Å². The summed E-state index contributed by atoms with van der Waals surface area (Å²) in [5, 5.41) is 0.732. The molecule has 0 N–H and O–H groups in total. The lowest BCUT2D eigenvalue weighted by Crippen LogP contribution is -2.01. The van der Waals surface area contributed by atoms with Crippen LogP contribution >= 0.6 is 11.6 Å². The minimum atomic E-state index is 0.213. The molecule has 0 aliphatic carbocycles. The number of halogens is 1. The lowest BCUT2D eigenvalue weighted by atomic mass is 9.99. The van der Waals surface area contributed by atoms with Crippen molar-refractivity contribution in [3.05, 3.63) is 33.8 Å². The molecule has 0 atom stereocenters. The van der Waals surface area contributed by atoms with E-state index >= 15 is 0 Å². The Morgan fingerprint density at radius 3 is 2.50 bits per heavy atom. The van der Waals surface area contributed by atoms with Crippen LogP contribution in [0.25, 0.3) is 0 Å². The van der Waals surface area contributed by atoms with Crippen LogP contribution in [-0.2, 0) is 0 Å². The van der Waals surface area contributed by atoms with Crippen LogP contribution in [-0.4, -0.2) is 5.78 Å². The summed E-state index contributed by atoms with van der Waals surface area (Å²) in [4.78, 5) is 11.7. The Hall–Kier alpha value is -0.820. The van der Waals surface area contributed by atoms with Crippen LogP contribution in [0.1, 0.15) is 41.3 Å². The molecule has 14 heavy (non-hydrogen) atoms. The molecule has 0 fully saturated rings. The van der Waals surface area contributed by atoms with Crippen molar-refractivity contribution >= 4 is 17.4 Å². The fourth-order valence-electron chi connectivity index (χ4n) is 1.44. The number of ketones is 1. The number of carbonyl (C=O) groups excluding carboxylic acids is 1. The van der Waals surface area contributed by atoms with Gasteiger partial charge in [-0.2, -0.15) is 0 Å². The average Bonchev–Trinajstić information content (AvgIpc) is 2.11. The molecule has 0 aliphatic heterocycles. The normalized spacial score (nSPS) is 10.3. The summed E-state index contributed by atoms with van der Waals surface area (Å²) in [6.07, 6.45) is 1.50. The fourth-order valence-corrected chi connectivity index (χ4v) is 1.66. The number of carbonyl (C=O) groups is 1. The lowest BCUT2D eigenvalue weighted by molar-refractivity contribution is 0.0981. The fraction of sp³-hybridized carbons (Fsp3) is 0.417. The molecule has 0 aromatic heterocycles. The van der Waals surface area contributed by atoms with Crippen molar-refractivity contribution in [3.63, 3.8) is 0 Å². The third kappa shape index (κ3) is 2.36. The number of Topliss-reactive ketones (excluding diaryl/α,β-unsaturated/α-hetero) is 1. The second kappa shape index (κ2) is 4.61. The van der Waals surface area contributed by atoms with Gasteiger partial charge in [0.1, 0.15) is 0 Å². The molecule has 76 valence electrons. The molecule has 0 saturated heterocycles. The van der Waals surface area contributed by atoms with Crippen molar-refractivity contribution in [1.82, 2.24) is 0 Å². The van der Waals surface area contributed by atoms with Gasteiger partial charge in [0.2, 0.25) is 0 Å². The molecule has 0 amide bonds. The van der Waals surface area contributed by atoms with Crippen molar-refractivity contribution in [2.24, 2.45) is 0 Å². The van der Waals surface area contributed by atoms with Gasteiger partial charge in [-0.3, -0.25) is 4.79 Å². The maximum absolute atomic E-state index is 11.7. The Morgan fingerprint density at radius 2 is 1.93 bits per heavy atom. The zero-order valence-electron chi connectivity index (χ0n) is 8.86. The van der Waals surface area contributed by atoms with Gasteiger partial charge in [0.25, 0.3) is 0 Å². The van der Waals surface area contributed by atoms with E-state index < -0.39 is 0 Å². The molecule has 1 rings (SSSR count). The van der Waals surface area contributed by atoms with Crippen LogP contribution in [0.15, 0.2) is 12.1 Å². The van der Waals surface area contributed by atoms with Gasteiger partial charge in [-0.05, 0) is 43.5 Å². The highest BCUT2D eigenvalue weighted by Gasteiger charge is 2.09. The molecular weight excluding hydrogens is 196 g/mol. The van der Waals surface area contributed by atoms with Gasteiger partial charge in [-0.1, -0.05) is 18.5 Å². The molecule has 2 heteroatoms. The SMILES string of the molecule is CCCC(=O)c1cc(C)c(Cl)cc1C. The largest absolute Gasteiger partial charge is 0.294 e. The predicted octanol–water partition coefficient (Wildman–Crippen LogP) is 3.94. The van der Waals surface area contributed by atoms with Gasteiger partial charge >= 0.3 is 0 Å². The first-order chi connectivity index (χ1) is 6.56. The highest BCUT2D eigenvalue weighted by molar-refractivity contribution is 6.31. The maximum atomic E-state index is 11.7. The lowest BCUT2D eigenvalue weighted by Gasteiger charge is -2.07. The average molecular weight is 211 g/mol. The third-order valence-corrected chi connectivity index (χ3v) is 2.69. The maximum Gasteiger partial charge on any atom is 0.163 e. The Morgan fingerprint density at radius 1 is 1.29 bits per heavy atom. The van der Waals surface area contributed by atoms with E-state index in [1.54, 1.807) is 0 Å². The summed E-state index contributed by atoms with van der Waals surface area (Å²) in [6.45, 7) is 5.86. The first kappa shape index (κ1) is 11.3. The second-order valence-electron chi connectivity index (χ2n) is 3.59. The van der Waals surface area contributed by atoms with Crippen LogP contribution in [0, 0.1) is 13.8 Å². The summed E-state index contributed by atoms with van der Waals surface area (Å²) in [5.74, 6) is 0.213. The molecule has 1 nitrogen and oxygen atoms in total. The van der Waals surface area contributed by atoms with Crippen LogP contribution < -0.4 is 0 Å². The molecule has 0 radical (unpaired) electrons.